The van der Waals surface area contributed by atoms with E-state index >= 15 is 0 Å². The van der Waals surface area contributed by atoms with Crippen molar-refractivity contribution < 1.29 is 9.47 Å². The van der Waals surface area contributed by atoms with Crippen molar-refractivity contribution in [2.24, 2.45) is 12.8 Å². The third kappa shape index (κ3) is 2.04. The number of imidazole rings is 1. The maximum atomic E-state index is 5.75. The number of benzene rings is 1. The van der Waals surface area contributed by atoms with Gasteiger partial charge in [-0.1, -0.05) is 0 Å². The Labute approximate surface area is 106 Å². The SMILES string of the molecule is COc1ccc(-c2ncn(C)c2CN)c(OC)c1. The smallest absolute Gasteiger partial charge is 0.132 e. The summed E-state index contributed by atoms with van der Waals surface area (Å²) in [5, 5.41) is 0. The summed E-state index contributed by atoms with van der Waals surface area (Å²) in [6.07, 6.45) is 1.75. The Morgan fingerprint density at radius 3 is 2.67 bits per heavy atom. The number of aryl methyl sites for hydroxylation is 1. The van der Waals surface area contributed by atoms with Crippen molar-refractivity contribution in [1.29, 1.82) is 0 Å². The summed E-state index contributed by atoms with van der Waals surface area (Å²) in [4.78, 5) is 4.38. The molecule has 0 atom stereocenters. The molecule has 2 rings (SSSR count). The van der Waals surface area contributed by atoms with E-state index in [1.165, 1.54) is 0 Å². The van der Waals surface area contributed by atoms with Gasteiger partial charge in [-0.2, -0.15) is 0 Å². The Balaban J connectivity index is 2.56. The van der Waals surface area contributed by atoms with Crippen LogP contribution in [0.5, 0.6) is 11.5 Å². The fraction of sp³-hybridized carbons (Fsp3) is 0.308. The number of methoxy groups -OCH3 is 2. The summed E-state index contributed by atoms with van der Waals surface area (Å²) < 4.78 is 12.5. The summed E-state index contributed by atoms with van der Waals surface area (Å²) in [7, 11) is 5.18. The first-order valence-electron chi connectivity index (χ1n) is 5.64. The molecule has 2 aromatic rings. The summed E-state index contributed by atoms with van der Waals surface area (Å²) in [6, 6.07) is 5.65. The van der Waals surface area contributed by atoms with Crippen LogP contribution in [0.3, 0.4) is 0 Å². The Morgan fingerprint density at radius 2 is 2.06 bits per heavy atom. The second-order valence-electron chi connectivity index (χ2n) is 3.92. The van der Waals surface area contributed by atoms with Gasteiger partial charge in [0, 0.05) is 25.2 Å². The van der Waals surface area contributed by atoms with Crippen molar-refractivity contribution in [3.63, 3.8) is 0 Å². The molecule has 0 aliphatic heterocycles. The van der Waals surface area contributed by atoms with Gasteiger partial charge in [0.25, 0.3) is 0 Å². The molecule has 0 fully saturated rings. The molecule has 0 amide bonds. The molecule has 0 saturated carbocycles. The van der Waals surface area contributed by atoms with Crippen molar-refractivity contribution in [2.75, 3.05) is 14.2 Å². The summed E-state index contributed by atoms with van der Waals surface area (Å²) in [5.41, 5.74) is 8.49. The molecule has 0 spiro atoms. The third-order valence-corrected chi connectivity index (χ3v) is 2.92. The molecule has 96 valence electrons. The maximum absolute atomic E-state index is 5.75. The van der Waals surface area contributed by atoms with Crippen molar-refractivity contribution >= 4 is 0 Å². The molecule has 18 heavy (non-hydrogen) atoms. The first-order valence-corrected chi connectivity index (χ1v) is 5.64. The quantitative estimate of drug-likeness (QED) is 0.890. The van der Waals surface area contributed by atoms with Crippen LogP contribution in [0, 0.1) is 0 Å². The first-order chi connectivity index (χ1) is 8.71. The van der Waals surface area contributed by atoms with E-state index in [4.69, 9.17) is 15.2 Å². The first kappa shape index (κ1) is 12.4. The molecule has 5 heteroatoms. The molecule has 1 aromatic carbocycles. The highest BCUT2D eigenvalue weighted by molar-refractivity contribution is 5.70. The standard InChI is InChI=1S/C13H17N3O2/c1-16-8-15-13(11(16)7-14)10-5-4-9(17-2)6-12(10)18-3/h4-6,8H,7,14H2,1-3H3. The second-order valence-corrected chi connectivity index (χ2v) is 3.92. The van der Waals surface area contributed by atoms with E-state index in [0.717, 1.165) is 28.5 Å². The van der Waals surface area contributed by atoms with E-state index in [1.54, 1.807) is 20.5 Å². The van der Waals surface area contributed by atoms with Gasteiger partial charge in [0.1, 0.15) is 11.5 Å². The highest BCUT2D eigenvalue weighted by Gasteiger charge is 2.14. The lowest BCUT2D eigenvalue weighted by Gasteiger charge is -2.10. The lowest BCUT2D eigenvalue weighted by atomic mass is 10.1. The van der Waals surface area contributed by atoms with Crippen LogP contribution in [-0.2, 0) is 13.6 Å². The van der Waals surface area contributed by atoms with E-state index in [2.05, 4.69) is 4.98 Å². The van der Waals surface area contributed by atoms with Crippen LogP contribution in [0.25, 0.3) is 11.3 Å². The minimum Gasteiger partial charge on any atom is -0.497 e. The van der Waals surface area contributed by atoms with Crippen molar-refractivity contribution in [3.05, 3.63) is 30.2 Å². The largest absolute Gasteiger partial charge is 0.497 e. The van der Waals surface area contributed by atoms with E-state index in [1.807, 2.05) is 29.8 Å². The number of rotatable bonds is 4. The van der Waals surface area contributed by atoms with Gasteiger partial charge in [0.05, 0.1) is 31.9 Å². The van der Waals surface area contributed by atoms with E-state index in [-0.39, 0.29) is 0 Å². The molecular formula is C13H17N3O2. The van der Waals surface area contributed by atoms with Gasteiger partial charge in [0.15, 0.2) is 0 Å². The zero-order chi connectivity index (χ0) is 13.1. The van der Waals surface area contributed by atoms with Crippen LogP contribution in [0.2, 0.25) is 0 Å². The van der Waals surface area contributed by atoms with Crippen LogP contribution in [-0.4, -0.2) is 23.8 Å². The minimum absolute atomic E-state index is 0.432. The van der Waals surface area contributed by atoms with Gasteiger partial charge in [-0.25, -0.2) is 4.98 Å². The van der Waals surface area contributed by atoms with Gasteiger partial charge in [0.2, 0.25) is 0 Å². The Kier molecular flexibility index (Phi) is 3.53. The number of nitrogens with zero attached hydrogens (tertiary/aromatic N) is 2. The molecule has 2 N–H and O–H groups in total. The molecule has 0 bridgehead atoms. The number of hydrogen-bond donors (Lipinski definition) is 1. The number of aromatic nitrogens is 2. The number of nitrogens with two attached hydrogens (primary N) is 1. The van der Waals surface area contributed by atoms with Crippen LogP contribution in [0.4, 0.5) is 0 Å². The molecule has 0 radical (unpaired) electrons. The molecule has 0 unspecified atom stereocenters. The van der Waals surface area contributed by atoms with Crippen LogP contribution in [0.1, 0.15) is 5.69 Å². The lowest BCUT2D eigenvalue weighted by molar-refractivity contribution is 0.395. The van der Waals surface area contributed by atoms with E-state index in [0.29, 0.717) is 6.54 Å². The monoisotopic (exact) mass is 247 g/mol. The van der Waals surface area contributed by atoms with Gasteiger partial charge >= 0.3 is 0 Å². The fourth-order valence-electron chi connectivity index (χ4n) is 1.92. The Hall–Kier alpha value is -2.01. The van der Waals surface area contributed by atoms with Crippen molar-refractivity contribution in [1.82, 2.24) is 9.55 Å². The van der Waals surface area contributed by atoms with Crippen molar-refractivity contribution in [3.8, 4) is 22.8 Å². The summed E-state index contributed by atoms with van der Waals surface area (Å²) >= 11 is 0. The highest BCUT2D eigenvalue weighted by Crippen LogP contribution is 2.33. The van der Waals surface area contributed by atoms with Crippen LogP contribution < -0.4 is 15.2 Å². The normalized spacial score (nSPS) is 10.4. The Morgan fingerprint density at radius 1 is 1.28 bits per heavy atom. The van der Waals surface area contributed by atoms with Gasteiger partial charge in [-0.15, -0.1) is 0 Å². The van der Waals surface area contributed by atoms with Gasteiger partial charge < -0.3 is 19.8 Å². The molecule has 0 aliphatic carbocycles. The minimum atomic E-state index is 0.432. The maximum Gasteiger partial charge on any atom is 0.132 e. The fourth-order valence-corrected chi connectivity index (χ4v) is 1.92. The topological polar surface area (TPSA) is 62.3 Å². The van der Waals surface area contributed by atoms with E-state index < -0.39 is 0 Å². The molecule has 0 aliphatic rings. The average Bonchev–Trinajstić information content (AvgIpc) is 2.78. The van der Waals surface area contributed by atoms with Crippen LogP contribution in [0.15, 0.2) is 24.5 Å². The molecule has 5 nitrogen and oxygen atoms in total. The number of ether oxygens (including phenoxy) is 2. The predicted molar refractivity (Wildman–Crippen MR) is 69.6 cm³/mol. The molecule has 1 heterocycles. The predicted octanol–water partition coefficient (Wildman–Crippen LogP) is 1.56. The lowest BCUT2D eigenvalue weighted by Crippen LogP contribution is -2.04. The van der Waals surface area contributed by atoms with Crippen LogP contribution >= 0.6 is 0 Å². The van der Waals surface area contributed by atoms with Gasteiger partial charge in [-0.3, -0.25) is 0 Å². The Bertz CT molecular complexity index is 549. The highest BCUT2D eigenvalue weighted by atomic mass is 16.5. The van der Waals surface area contributed by atoms with Crippen molar-refractivity contribution in [2.45, 2.75) is 6.54 Å². The second kappa shape index (κ2) is 5.10. The zero-order valence-corrected chi connectivity index (χ0v) is 10.8. The average molecular weight is 247 g/mol. The van der Waals surface area contributed by atoms with E-state index in [9.17, 15) is 0 Å². The zero-order valence-electron chi connectivity index (χ0n) is 10.8. The molecule has 1 aromatic heterocycles. The third-order valence-electron chi connectivity index (χ3n) is 2.92. The number of hydrogen-bond acceptors (Lipinski definition) is 4. The summed E-state index contributed by atoms with van der Waals surface area (Å²) in [5.74, 6) is 1.48. The molecular weight excluding hydrogens is 230 g/mol. The summed E-state index contributed by atoms with van der Waals surface area (Å²) in [6.45, 7) is 0.432. The molecule has 0 saturated heterocycles. The van der Waals surface area contributed by atoms with Gasteiger partial charge in [-0.05, 0) is 12.1 Å².